The number of ether oxygens (including phenoxy) is 1. The summed E-state index contributed by atoms with van der Waals surface area (Å²) in [5.41, 5.74) is 1.92. The van der Waals surface area contributed by atoms with Crippen LogP contribution < -0.4 is 4.74 Å². The molecular weight excluding hydrogens is 200 g/mol. The van der Waals surface area contributed by atoms with Gasteiger partial charge in [-0.3, -0.25) is 4.79 Å². The van der Waals surface area contributed by atoms with E-state index in [9.17, 15) is 4.79 Å². The van der Waals surface area contributed by atoms with Gasteiger partial charge in [0, 0.05) is 5.92 Å². The topological polar surface area (TPSA) is 26.3 Å². The number of hydrogen-bond donors (Lipinski definition) is 0. The van der Waals surface area contributed by atoms with Crippen LogP contribution in [0.1, 0.15) is 29.3 Å². The second kappa shape index (κ2) is 4.52. The molecule has 0 heterocycles. The number of ketones is 1. The van der Waals surface area contributed by atoms with Gasteiger partial charge in [0.2, 0.25) is 0 Å². The van der Waals surface area contributed by atoms with E-state index in [1.807, 2.05) is 31.2 Å². The SMILES string of the molecule is CC=CCC1Cc2cccc(OC)c2C1=O. The minimum Gasteiger partial charge on any atom is -0.496 e. The summed E-state index contributed by atoms with van der Waals surface area (Å²) in [5, 5.41) is 0. The second-order valence-electron chi connectivity index (χ2n) is 4.06. The Morgan fingerprint density at radius 3 is 3.00 bits per heavy atom. The van der Waals surface area contributed by atoms with Crippen molar-refractivity contribution < 1.29 is 9.53 Å². The van der Waals surface area contributed by atoms with E-state index in [1.165, 1.54) is 0 Å². The average molecular weight is 216 g/mol. The van der Waals surface area contributed by atoms with E-state index in [0.29, 0.717) is 5.75 Å². The Morgan fingerprint density at radius 1 is 1.50 bits per heavy atom. The van der Waals surface area contributed by atoms with Gasteiger partial charge >= 0.3 is 0 Å². The van der Waals surface area contributed by atoms with Crippen LogP contribution in [0.4, 0.5) is 0 Å². The number of fused-ring (bicyclic) bond motifs is 1. The molecule has 2 heteroatoms. The van der Waals surface area contributed by atoms with Gasteiger partial charge < -0.3 is 4.74 Å². The molecule has 0 N–H and O–H groups in total. The molecule has 0 radical (unpaired) electrons. The number of carbonyl (C=O) groups excluding carboxylic acids is 1. The van der Waals surface area contributed by atoms with Gasteiger partial charge in [-0.15, -0.1) is 0 Å². The van der Waals surface area contributed by atoms with Crippen molar-refractivity contribution in [2.24, 2.45) is 5.92 Å². The molecule has 0 spiro atoms. The minimum absolute atomic E-state index is 0.0995. The molecule has 0 saturated carbocycles. The standard InChI is InChI=1S/C14H16O2/c1-3-4-6-11-9-10-7-5-8-12(16-2)13(10)14(11)15/h3-5,7-8,11H,6,9H2,1-2H3. The van der Waals surface area contributed by atoms with Gasteiger partial charge in [0.25, 0.3) is 0 Å². The van der Waals surface area contributed by atoms with Crippen LogP contribution in [-0.2, 0) is 6.42 Å². The van der Waals surface area contributed by atoms with Crippen LogP contribution in [0, 0.1) is 5.92 Å². The first-order chi connectivity index (χ1) is 7.77. The maximum Gasteiger partial charge on any atom is 0.170 e. The van der Waals surface area contributed by atoms with Crippen molar-refractivity contribution in [3.63, 3.8) is 0 Å². The molecule has 0 amide bonds. The molecule has 2 rings (SSSR count). The van der Waals surface area contributed by atoms with Gasteiger partial charge in [0.1, 0.15) is 5.75 Å². The Balaban J connectivity index is 2.31. The van der Waals surface area contributed by atoms with Crippen molar-refractivity contribution in [1.82, 2.24) is 0 Å². The molecule has 16 heavy (non-hydrogen) atoms. The third-order valence-corrected chi connectivity index (χ3v) is 3.07. The van der Waals surface area contributed by atoms with Crippen LogP contribution in [0.3, 0.4) is 0 Å². The van der Waals surface area contributed by atoms with Crippen LogP contribution in [-0.4, -0.2) is 12.9 Å². The minimum atomic E-state index is 0.0995. The molecule has 0 fully saturated rings. The third-order valence-electron chi connectivity index (χ3n) is 3.07. The van der Waals surface area contributed by atoms with Crippen LogP contribution in [0.25, 0.3) is 0 Å². The fourth-order valence-corrected chi connectivity index (χ4v) is 2.25. The van der Waals surface area contributed by atoms with Crippen molar-refractivity contribution in [1.29, 1.82) is 0 Å². The largest absolute Gasteiger partial charge is 0.496 e. The van der Waals surface area contributed by atoms with Crippen molar-refractivity contribution in [3.05, 3.63) is 41.5 Å². The summed E-state index contributed by atoms with van der Waals surface area (Å²) < 4.78 is 5.24. The molecule has 84 valence electrons. The number of carbonyl (C=O) groups is 1. The van der Waals surface area contributed by atoms with Gasteiger partial charge in [0.05, 0.1) is 12.7 Å². The molecule has 1 aliphatic carbocycles. The van der Waals surface area contributed by atoms with E-state index in [4.69, 9.17) is 4.74 Å². The lowest BCUT2D eigenvalue weighted by Gasteiger charge is -2.05. The first-order valence-electron chi connectivity index (χ1n) is 5.59. The maximum atomic E-state index is 12.2. The quantitative estimate of drug-likeness (QED) is 0.726. The summed E-state index contributed by atoms with van der Waals surface area (Å²) in [6.45, 7) is 1.98. The number of rotatable bonds is 3. The molecular formula is C14H16O2. The Morgan fingerprint density at radius 2 is 2.31 bits per heavy atom. The zero-order valence-corrected chi connectivity index (χ0v) is 9.69. The van der Waals surface area contributed by atoms with Gasteiger partial charge in [-0.2, -0.15) is 0 Å². The lowest BCUT2D eigenvalue weighted by Crippen LogP contribution is -2.08. The first-order valence-corrected chi connectivity index (χ1v) is 5.59. The molecule has 1 aromatic carbocycles. The molecule has 1 atom stereocenters. The fourth-order valence-electron chi connectivity index (χ4n) is 2.25. The molecule has 1 aromatic rings. The normalized spacial score (nSPS) is 19.1. The molecule has 0 aliphatic heterocycles. The van der Waals surface area contributed by atoms with Crippen molar-refractivity contribution >= 4 is 5.78 Å². The highest BCUT2D eigenvalue weighted by atomic mass is 16.5. The molecule has 1 aliphatic rings. The Labute approximate surface area is 95.9 Å². The highest BCUT2D eigenvalue weighted by Gasteiger charge is 2.31. The van der Waals surface area contributed by atoms with Gasteiger partial charge in [-0.05, 0) is 31.4 Å². The number of Topliss-reactive ketones (excluding diaryl/α,β-unsaturated/α-hetero) is 1. The molecule has 1 unspecified atom stereocenters. The van der Waals surface area contributed by atoms with E-state index in [1.54, 1.807) is 7.11 Å². The Kier molecular flexibility index (Phi) is 3.09. The summed E-state index contributed by atoms with van der Waals surface area (Å²) in [7, 11) is 1.61. The van der Waals surface area contributed by atoms with Gasteiger partial charge in [-0.25, -0.2) is 0 Å². The number of allylic oxidation sites excluding steroid dienone is 2. The Hall–Kier alpha value is -1.57. The number of methoxy groups -OCH3 is 1. The molecule has 2 nitrogen and oxygen atoms in total. The Bertz CT molecular complexity index is 432. The average Bonchev–Trinajstić information content (AvgIpc) is 2.64. The lowest BCUT2D eigenvalue weighted by atomic mass is 10.0. The highest BCUT2D eigenvalue weighted by Crippen LogP contribution is 2.35. The predicted octanol–water partition coefficient (Wildman–Crippen LogP) is 3.02. The zero-order chi connectivity index (χ0) is 11.5. The van der Waals surface area contributed by atoms with Gasteiger partial charge in [-0.1, -0.05) is 24.3 Å². The summed E-state index contributed by atoms with van der Waals surface area (Å²) in [5.74, 6) is 1.04. The number of benzene rings is 1. The van der Waals surface area contributed by atoms with E-state index < -0.39 is 0 Å². The van der Waals surface area contributed by atoms with Crippen molar-refractivity contribution in [3.8, 4) is 5.75 Å². The monoisotopic (exact) mass is 216 g/mol. The number of hydrogen-bond acceptors (Lipinski definition) is 2. The van der Waals surface area contributed by atoms with Gasteiger partial charge in [0.15, 0.2) is 5.78 Å². The highest BCUT2D eigenvalue weighted by molar-refractivity contribution is 6.04. The fraction of sp³-hybridized carbons (Fsp3) is 0.357. The van der Waals surface area contributed by atoms with Crippen LogP contribution in [0.5, 0.6) is 5.75 Å². The molecule has 0 aromatic heterocycles. The predicted molar refractivity (Wildman–Crippen MR) is 63.9 cm³/mol. The van der Waals surface area contributed by atoms with Crippen LogP contribution >= 0.6 is 0 Å². The van der Waals surface area contributed by atoms with E-state index in [0.717, 1.165) is 24.0 Å². The summed E-state index contributed by atoms with van der Waals surface area (Å²) in [4.78, 5) is 12.2. The van der Waals surface area contributed by atoms with Crippen LogP contribution in [0.15, 0.2) is 30.4 Å². The van der Waals surface area contributed by atoms with E-state index in [-0.39, 0.29) is 11.7 Å². The molecule has 0 saturated heterocycles. The molecule has 0 bridgehead atoms. The smallest absolute Gasteiger partial charge is 0.170 e. The van der Waals surface area contributed by atoms with Crippen molar-refractivity contribution in [2.75, 3.05) is 7.11 Å². The van der Waals surface area contributed by atoms with E-state index >= 15 is 0 Å². The van der Waals surface area contributed by atoms with E-state index in [2.05, 4.69) is 6.08 Å². The maximum absolute atomic E-state index is 12.2. The lowest BCUT2D eigenvalue weighted by molar-refractivity contribution is 0.0935. The summed E-state index contributed by atoms with van der Waals surface area (Å²) >= 11 is 0. The summed E-state index contributed by atoms with van der Waals surface area (Å²) in [6.07, 6.45) is 5.72. The second-order valence-corrected chi connectivity index (χ2v) is 4.06. The van der Waals surface area contributed by atoms with Crippen molar-refractivity contribution in [2.45, 2.75) is 19.8 Å². The zero-order valence-electron chi connectivity index (χ0n) is 9.69. The first kappa shape index (κ1) is 10.9. The summed E-state index contributed by atoms with van der Waals surface area (Å²) in [6, 6.07) is 5.82. The van der Waals surface area contributed by atoms with Crippen LogP contribution in [0.2, 0.25) is 0 Å². The third kappa shape index (κ3) is 1.75.